The minimum atomic E-state index is -0.604. The van der Waals surface area contributed by atoms with Gasteiger partial charge in [-0.15, -0.1) is 0 Å². The second kappa shape index (κ2) is 5.09. The Balaban J connectivity index is 1.58. The smallest absolute Gasteiger partial charge is 0.0719 e. The molecule has 2 heterocycles. The number of ether oxygens (including phenoxy) is 1. The normalized spacial score (nSPS) is 32.2. The first-order valence-corrected chi connectivity index (χ1v) is 7.74. The van der Waals surface area contributed by atoms with E-state index in [-0.39, 0.29) is 0 Å². The van der Waals surface area contributed by atoms with Crippen LogP contribution in [-0.4, -0.2) is 36.0 Å². The van der Waals surface area contributed by atoms with Crippen molar-refractivity contribution in [2.75, 3.05) is 13.2 Å². The molecule has 0 amide bonds. The SMILES string of the molecule is OC1(Cc2ccc3ccccc3c2)CC2COCC(C1)N2. The van der Waals surface area contributed by atoms with Crippen LogP contribution in [0, 0.1) is 0 Å². The number of aliphatic hydroxyl groups is 1. The fourth-order valence-electron chi connectivity index (χ4n) is 3.89. The molecular formula is C18H21NO2. The largest absolute Gasteiger partial charge is 0.389 e. The maximum Gasteiger partial charge on any atom is 0.0719 e. The second-order valence-electron chi connectivity index (χ2n) is 6.59. The van der Waals surface area contributed by atoms with Crippen molar-refractivity contribution in [3.63, 3.8) is 0 Å². The van der Waals surface area contributed by atoms with Crippen molar-refractivity contribution in [2.24, 2.45) is 0 Å². The molecule has 0 aliphatic carbocycles. The van der Waals surface area contributed by atoms with Crippen molar-refractivity contribution >= 4 is 10.8 Å². The van der Waals surface area contributed by atoms with E-state index in [0.717, 1.165) is 32.5 Å². The molecule has 2 aromatic rings. The average Bonchev–Trinajstić information content (AvgIpc) is 2.46. The molecule has 2 fully saturated rings. The summed E-state index contributed by atoms with van der Waals surface area (Å²) in [4.78, 5) is 0. The van der Waals surface area contributed by atoms with Crippen molar-refractivity contribution < 1.29 is 9.84 Å². The fourth-order valence-corrected chi connectivity index (χ4v) is 3.89. The molecule has 4 rings (SSSR count). The zero-order valence-electron chi connectivity index (χ0n) is 12.1. The van der Waals surface area contributed by atoms with Gasteiger partial charge in [0.1, 0.15) is 0 Å². The predicted octanol–water partition coefficient (Wildman–Crippen LogP) is 2.26. The summed E-state index contributed by atoms with van der Waals surface area (Å²) in [6, 6.07) is 15.5. The summed E-state index contributed by atoms with van der Waals surface area (Å²) < 4.78 is 5.56. The quantitative estimate of drug-likeness (QED) is 0.888. The third kappa shape index (κ3) is 2.69. The van der Waals surface area contributed by atoms with Crippen molar-refractivity contribution in [3.05, 3.63) is 48.0 Å². The minimum Gasteiger partial charge on any atom is -0.389 e. The van der Waals surface area contributed by atoms with Crippen LogP contribution in [0.3, 0.4) is 0 Å². The topological polar surface area (TPSA) is 41.5 Å². The van der Waals surface area contributed by atoms with Crippen LogP contribution in [0.15, 0.2) is 42.5 Å². The molecule has 110 valence electrons. The van der Waals surface area contributed by atoms with Crippen LogP contribution in [0.5, 0.6) is 0 Å². The first-order valence-electron chi connectivity index (χ1n) is 7.74. The summed E-state index contributed by atoms with van der Waals surface area (Å²) in [6.45, 7) is 1.44. The Bertz CT molecular complexity index is 642. The van der Waals surface area contributed by atoms with E-state index in [9.17, 15) is 5.11 Å². The summed E-state index contributed by atoms with van der Waals surface area (Å²) >= 11 is 0. The molecule has 2 aromatic carbocycles. The van der Waals surface area contributed by atoms with Crippen LogP contribution in [0.1, 0.15) is 18.4 Å². The summed E-state index contributed by atoms with van der Waals surface area (Å²) in [5.41, 5.74) is 0.615. The van der Waals surface area contributed by atoms with Gasteiger partial charge in [-0.1, -0.05) is 42.5 Å². The van der Waals surface area contributed by atoms with Gasteiger partial charge in [0.25, 0.3) is 0 Å². The number of nitrogens with one attached hydrogen (secondary N) is 1. The molecule has 2 saturated heterocycles. The van der Waals surface area contributed by atoms with Crippen molar-refractivity contribution in [1.29, 1.82) is 0 Å². The number of hydrogen-bond acceptors (Lipinski definition) is 3. The fraction of sp³-hybridized carbons (Fsp3) is 0.444. The van der Waals surface area contributed by atoms with Gasteiger partial charge < -0.3 is 15.2 Å². The Morgan fingerprint density at radius 2 is 1.76 bits per heavy atom. The standard InChI is InChI=1S/C18H21NO2/c20-18(9-16-11-21-12-17(10-18)19-16)8-13-5-6-14-3-1-2-4-15(14)7-13/h1-7,16-17,19-20H,8-12H2. The Hall–Kier alpha value is -1.42. The van der Waals surface area contributed by atoms with Gasteiger partial charge in [-0.25, -0.2) is 0 Å². The molecule has 2 aliphatic rings. The molecule has 0 radical (unpaired) electrons. The third-order valence-corrected chi connectivity index (χ3v) is 4.71. The molecule has 3 nitrogen and oxygen atoms in total. The highest BCUT2D eigenvalue weighted by Gasteiger charge is 2.41. The van der Waals surface area contributed by atoms with Gasteiger partial charge in [0.15, 0.2) is 0 Å². The van der Waals surface area contributed by atoms with E-state index in [4.69, 9.17) is 4.74 Å². The Kier molecular flexibility index (Phi) is 3.21. The van der Waals surface area contributed by atoms with Crippen LogP contribution in [-0.2, 0) is 11.2 Å². The number of piperidine rings is 1. The van der Waals surface area contributed by atoms with Gasteiger partial charge in [-0.2, -0.15) is 0 Å². The second-order valence-corrected chi connectivity index (χ2v) is 6.59. The van der Waals surface area contributed by atoms with E-state index in [1.807, 2.05) is 0 Å². The molecular weight excluding hydrogens is 262 g/mol. The molecule has 3 heteroatoms. The van der Waals surface area contributed by atoms with E-state index in [1.54, 1.807) is 0 Å². The monoisotopic (exact) mass is 283 g/mol. The van der Waals surface area contributed by atoms with E-state index in [2.05, 4.69) is 47.8 Å². The van der Waals surface area contributed by atoms with Crippen LogP contribution in [0.4, 0.5) is 0 Å². The van der Waals surface area contributed by atoms with Crippen LogP contribution >= 0.6 is 0 Å². The zero-order chi connectivity index (χ0) is 14.3. The number of hydrogen-bond donors (Lipinski definition) is 2. The molecule has 2 N–H and O–H groups in total. The molecule has 0 spiro atoms. The number of morpholine rings is 1. The lowest BCUT2D eigenvalue weighted by molar-refractivity contribution is -0.0755. The number of benzene rings is 2. The molecule has 0 saturated carbocycles. The zero-order valence-corrected chi connectivity index (χ0v) is 12.1. The summed E-state index contributed by atoms with van der Waals surface area (Å²) in [7, 11) is 0. The summed E-state index contributed by atoms with van der Waals surface area (Å²) in [5, 5.41) is 17.0. The van der Waals surface area contributed by atoms with Crippen molar-refractivity contribution in [3.8, 4) is 0 Å². The van der Waals surface area contributed by atoms with Gasteiger partial charge in [-0.3, -0.25) is 0 Å². The highest BCUT2D eigenvalue weighted by Crippen LogP contribution is 2.31. The highest BCUT2D eigenvalue weighted by atomic mass is 16.5. The molecule has 0 aromatic heterocycles. The predicted molar refractivity (Wildman–Crippen MR) is 83.4 cm³/mol. The molecule has 2 atom stereocenters. The maximum atomic E-state index is 11.0. The van der Waals surface area contributed by atoms with Crippen molar-refractivity contribution in [2.45, 2.75) is 36.9 Å². The van der Waals surface area contributed by atoms with E-state index in [0.29, 0.717) is 12.1 Å². The van der Waals surface area contributed by atoms with Crippen LogP contribution in [0.2, 0.25) is 0 Å². The Labute approximate surface area is 124 Å². The highest BCUT2D eigenvalue weighted by molar-refractivity contribution is 5.83. The molecule has 2 aliphatic heterocycles. The average molecular weight is 283 g/mol. The van der Waals surface area contributed by atoms with Gasteiger partial charge in [0.05, 0.1) is 18.8 Å². The van der Waals surface area contributed by atoms with Crippen LogP contribution in [0.25, 0.3) is 10.8 Å². The van der Waals surface area contributed by atoms with Crippen molar-refractivity contribution in [1.82, 2.24) is 5.32 Å². The van der Waals surface area contributed by atoms with E-state index in [1.165, 1.54) is 16.3 Å². The minimum absolute atomic E-state index is 0.294. The first-order chi connectivity index (χ1) is 10.2. The lowest BCUT2D eigenvalue weighted by Gasteiger charge is -2.45. The maximum absolute atomic E-state index is 11.0. The molecule has 2 bridgehead atoms. The van der Waals surface area contributed by atoms with Gasteiger partial charge in [-0.05, 0) is 29.2 Å². The van der Waals surface area contributed by atoms with Gasteiger partial charge in [0, 0.05) is 18.5 Å². The summed E-state index contributed by atoms with van der Waals surface area (Å²) in [6.07, 6.45) is 2.28. The molecule has 2 unspecified atom stereocenters. The summed E-state index contributed by atoms with van der Waals surface area (Å²) in [5.74, 6) is 0. The third-order valence-electron chi connectivity index (χ3n) is 4.71. The Morgan fingerprint density at radius 3 is 2.52 bits per heavy atom. The van der Waals surface area contributed by atoms with Crippen LogP contribution < -0.4 is 5.32 Å². The number of rotatable bonds is 2. The van der Waals surface area contributed by atoms with E-state index >= 15 is 0 Å². The van der Waals surface area contributed by atoms with Gasteiger partial charge in [0.2, 0.25) is 0 Å². The first kappa shape index (κ1) is 13.3. The van der Waals surface area contributed by atoms with E-state index < -0.39 is 5.60 Å². The van der Waals surface area contributed by atoms with Gasteiger partial charge >= 0.3 is 0 Å². The lowest BCUT2D eigenvalue weighted by atomic mass is 9.79. The Morgan fingerprint density at radius 1 is 1.05 bits per heavy atom. The molecule has 21 heavy (non-hydrogen) atoms. The lowest BCUT2D eigenvalue weighted by Crippen LogP contribution is -2.60. The number of fused-ring (bicyclic) bond motifs is 3.